The van der Waals surface area contributed by atoms with Crippen LogP contribution in [0.4, 0.5) is 4.39 Å². The van der Waals surface area contributed by atoms with Crippen LogP contribution in [0.5, 0.6) is 0 Å². The first-order valence-electron chi connectivity index (χ1n) is 6.63. The van der Waals surface area contributed by atoms with Crippen LogP contribution in [0, 0.1) is 5.82 Å². The van der Waals surface area contributed by atoms with E-state index in [1.165, 1.54) is 11.6 Å². The van der Waals surface area contributed by atoms with Gasteiger partial charge in [-0.25, -0.2) is 4.39 Å². The second-order valence-electron chi connectivity index (χ2n) is 4.73. The van der Waals surface area contributed by atoms with Crippen molar-refractivity contribution in [1.82, 2.24) is 5.32 Å². The number of benzene rings is 2. The molecule has 0 saturated heterocycles. The van der Waals surface area contributed by atoms with Gasteiger partial charge in [0.2, 0.25) is 0 Å². The molecule has 0 saturated carbocycles. The van der Waals surface area contributed by atoms with Gasteiger partial charge in [0.1, 0.15) is 5.82 Å². The summed E-state index contributed by atoms with van der Waals surface area (Å²) in [6.07, 6.45) is 0.799. The number of rotatable bonds is 5. The molecule has 5 heteroatoms. The smallest absolute Gasteiger partial charge is 0.137 e. The highest BCUT2D eigenvalue weighted by Gasteiger charge is 2.15. The molecule has 1 N–H and O–H groups in total. The van der Waals surface area contributed by atoms with Crippen molar-refractivity contribution in [3.05, 3.63) is 66.8 Å². The molecule has 0 aliphatic carbocycles. The highest BCUT2D eigenvalue weighted by atomic mass is 79.9. The highest BCUT2D eigenvalue weighted by Crippen LogP contribution is 2.29. The van der Waals surface area contributed by atoms with Crippen LogP contribution in [-0.4, -0.2) is 6.54 Å². The fourth-order valence-electron chi connectivity index (χ4n) is 2.22. The Labute approximate surface area is 149 Å². The molecule has 2 aromatic rings. The third-order valence-electron chi connectivity index (χ3n) is 3.21. The second-order valence-corrected chi connectivity index (χ2v) is 7.35. The minimum Gasteiger partial charge on any atom is -0.310 e. The average molecular weight is 480 g/mol. The molecule has 0 aromatic heterocycles. The fourth-order valence-corrected chi connectivity index (χ4v) is 3.97. The summed E-state index contributed by atoms with van der Waals surface area (Å²) < 4.78 is 15.9. The lowest BCUT2D eigenvalue weighted by Gasteiger charge is -2.20. The summed E-state index contributed by atoms with van der Waals surface area (Å²) in [6.45, 7) is 2.95. The molecule has 21 heavy (non-hydrogen) atoms. The first kappa shape index (κ1) is 17.1. The third-order valence-corrected chi connectivity index (χ3v) is 5.00. The molecule has 2 rings (SSSR count). The van der Waals surface area contributed by atoms with E-state index in [0.717, 1.165) is 27.5 Å². The van der Waals surface area contributed by atoms with Gasteiger partial charge in [-0.15, -0.1) is 0 Å². The minimum absolute atomic E-state index is 0.176. The Balaban J connectivity index is 2.28. The third kappa shape index (κ3) is 4.62. The van der Waals surface area contributed by atoms with Crippen LogP contribution in [0.2, 0.25) is 0 Å². The van der Waals surface area contributed by atoms with Crippen molar-refractivity contribution in [1.29, 1.82) is 0 Å². The first-order valence-corrected chi connectivity index (χ1v) is 9.01. The van der Waals surface area contributed by atoms with Crippen molar-refractivity contribution < 1.29 is 4.39 Å². The molecule has 0 aliphatic rings. The standard InChI is InChI=1S/C16H15Br3FN/c1-2-21-16(12-5-4-11(17)9-13(12)18)8-10-3-6-15(20)14(19)7-10/h3-7,9,16,21H,2,8H2,1H3. The van der Waals surface area contributed by atoms with Gasteiger partial charge in [-0.2, -0.15) is 0 Å². The number of halogens is 4. The van der Waals surface area contributed by atoms with Crippen molar-refractivity contribution >= 4 is 47.8 Å². The number of likely N-dealkylation sites (N-methyl/N-ethyl adjacent to an activating group) is 1. The van der Waals surface area contributed by atoms with E-state index in [1.807, 2.05) is 24.3 Å². The maximum atomic E-state index is 13.3. The molecule has 112 valence electrons. The molecule has 0 bridgehead atoms. The van der Waals surface area contributed by atoms with Crippen molar-refractivity contribution in [2.45, 2.75) is 19.4 Å². The molecule has 1 unspecified atom stereocenters. The van der Waals surface area contributed by atoms with Gasteiger partial charge in [0, 0.05) is 15.0 Å². The molecule has 2 aromatic carbocycles. The second kappa shape index (κ2) is 7.86. The summed E-state index contributed by atoms with van der Waals surface area (Å²) >= 11 is 10.3. The summed E-state index contributed by atoms with van der Waals surface area (Å²) in [6, 6.07) is 11.5. The molecule has 1 atom stereocenters. The lowest BCUT2D eigenvalue weighted by Crippen LogP contribution is -2.23. The summed E-state index contributed by atoms with van der Waals surface area (Å²) in [7, 11) is 0. The van der Waals surface area contributed by atoms with E-state index in [-0.39, 0.29) is 11.9 Å². The maximum absolute atomic E-state index is 13.3. The van der Waals surface area contributed by atoms with E-state index in [1.54, 1.807) is 0 Å². The van der Waals surface area contributed by atoms with E-state index in [9.17, 15) is 4.39 Å². The van der Waals surface area contributed by atoms with Crippen LogP contribution in [0.3, 0.4) is 0 Å². The van der Waals surface area contributed by atoms with Gasteiger partial charge in [0.15, 0.2) is 0 Å². The monoisotopic (exact) mass is 477 g/mol. The van der Waals surface area contributed by atoms with Crippen molar-refractivity contribution in [2.75, 3.05) is 6.54 Å². The summed E-state index contributed by atoms with van der Waals surface area (Å²) in [5, 5.41) is 3.49. The Kier molecular flexibility index (Phi) is 6.41. The molecule has 0 heterocycles. The van der Waals surface area contributed by atoms with Gasteiger partial charge in [0.05, 0.1) is 4.47 Å². The van der Waals surface area contributed by atoms with E-state index in [0.29, 0.717) is 4.47 Å². The Morgan fingerprint density at radius 3 is 2.43 bits per heavy atom. The summed E-state index contributed by atoms with van der Waals surface area (Å²) in [4.78, 5) is 0. The van der Waals surface area contributed by atoms with Crippen LogP contribution in [0.1, 0.15) is 24.1 Å². The van der Waals surface area contributed by atoms with E-state index in [2.05, 4.69) is 66.1 Å². The van der Waals surface area contributed by atoms with Gasteiger partial charge in [-0.1, -0.05) is 50.9 Å². The Morgan fingerprint density at radius 2 is 1.81 bits per heavy atom. The normalized spacial score (nSPS) is 12.4. The lowest BCUT2D eigenvalue weighted by atomic mass is 9.99. The largest absolute Gasteiger partial charge is 0.310 e. The summed E-state index contributed by atoms with van der Waals surface area (Å²) in [5.74, 6) is -0.233. The van der Waals surface area contributed by atoms with E-state index >= 15 is 0 Å². The Morgan fingerprint density at radius 1 is 1.05 bits per heavy atom. The van der Waals surface area contributed by atoms with Gasteiger partial charge < -0.3 is 5.32 Å². The van der Waals surface area contributed by atoms with Crippen LogP contribution in [0.15, 0.2) is 49.8 Å². The van der Waals surface area contributed by atoms with E-state index in [4.69, 9.17) is 0 Å². The highest BCUT2D eigenvalue weighted by molar-refractivity contribution is 9.11. The summed E-state index contributed by atoms with van der Waals surface area (Å²) in [5.41, 5.74) is 2.28. The van der Waals surface area contributed by atoms with Crippen LogP contribution >= 0.6 is 47.8 Å². The van der Waals surface area contributed by atoms with Crippen LogP contribution in [0.25, 0.3) is 0 Å². The fraction of sp³-hybridized carbons (Fsp3) is 0.250. The first-order chi connectivity index (χ1) is 10.0. The quantitative estimate of drug-likeness (QED) is 0.554. The number of hydrogen-bond acceptors (Lipinski definition) is 1. The molecule has 0 amide bonds. The molecular weight excluding hydrogens is 465 g/mol. The number of nitrogens with one attached hydrogen (secondary N) is 1. The average Bonchev–Trinajstić information content (AvgIpc) is 2.42. The molecule has 0 aliphatic heterocycles. The van der Waals surface area contributed by atoms with Crippen molar-refractivity contribution in [2.24, 2.45) is 0 Å². The molecular formula is C16H15Br3FN. The SMILES string of the molecule is CCNC(Cc1ccc(F)c(Br)c1)c1ccc(Br)cc1Br. The zero-order valence-corrected chi connectivity index (χ0v) is 16.2. The Bertz CT molecular complexity index is 631. The van der Waals surface area contributed by atoms with Crippen LogP contribution in [-0.2, 0) is 6.42 Å². The van der Waals surface area contributed by atoms with Gasteiger partial charge in [0.25, 0.3) is 0 Å². The van der Waals surface area contributed by atoms with Crippen molar-refractivity contribution in [3.63, 3.8) is 0 Å². The molecule has 0 fully saturated rings. The zero-order chi connectivity index (χ0) is 15.4. The van der Waals surface area contributed by atoms with Gasteiger partial charge in [-0.3, -0.25) is 0 Å². The van der Waals surface area contributed by atoms with Gasteiger partial charge >= 0.3 is 0 Å². The van der Waals surface area contributed by atoms with Crippen LogP contribution < -0.4 is 5.32 Å². The predicted molar refractivity (Wildman–Crippen MR) is 96.1 cm³/mol. The topological polar surface area (TPSA) is 12.0 Å². The lowest BCUT2D eigenvalue weighted by molar-refractivity contribution is 0.546. The van der Waals surface area contributed by atoms with E-state index < -0.39 is 0 Å². The number of hydrogen-bond donors (Lipinski definition) is 1. The van der Waals surface area contributed by atoms with Gasteiger partial charge in [-0.05, 0) is 64.3 Å². The predicted octanol–water partition coefficient (Wildman–Crippen LogP) is 6.01. The zero-order valence-electron chi connectivity index (χ0n) is 11.5. The molecule has 0 radical (unpaired) electrons. The Hall–Kier alpha value is -0.230. The minimum atomic E-state index is -0.233. The van der Waals surface area contributed by atoms with Crippen molar-refractivity contribution in [3.8, 4) is 0 Å². The maximum Gasteiger partial charge on any atom is 0.137 e. The molecule has 1 nitrogen and oxygen atoms in total. The molecule has 0 spiro atoms.